The molecule has 2 N–H and O–H groups in total. The summed E-state index contributed by atoms with van der Waals surface area (Å²) in [6, 6.07) is 0. The van der Waals surface area contributed by atoms with Gasteiger partial charge < -0.3 is 19.9 Å². The quantitative estimate of drug-likeness (QED) is 0.524. The van der Waals surface area contributed by atoms with E-state index in [4.69, 9.17) is 9.47 Å². The first-order chi connectivity index (χ1) is 6.66. The van der Waals surface area contributed by atoms with Gasteiger partial charge in [-0.15, -0.1) is 0 Å². The zero-order valence-electron chi connectivity index (χ0n) is 8.21. The van der Waals surface area contributed by atoms with E-state index in [0.29, 0.717) is 13.2 Å². The number of alkyl halides is 2. The molecule has 0 aromatic heterocycles. The Hall–Kier alpha value is -0.300. The Kier molecular flexibility index (Phi) is 9.06. The van der Waals surface area contributed by atoms with Gasteiger partial charge in [-0.05, 0) is 0 Å². The van der Waals surface area contributed by atoms with Gasteiger partial charge in [0.15, 0.2) is 0 Å². The van der Waals surface area contributed by atoms with Gasteiger partial charge in [0.05, 0.1) is 32.5 Å². The van der Waals surface area contributed by atoms with Crippen LogP contribution in [0, 0.1) is 0 Å². The van der Waals surface area contributed by atoms with Crippen molar-refractivity contribution in [1.82, 2.24) is 5.32 Å². The van der Waals surface area contributed by atoms with E-state index in [9.17, 15) is 13.9 Å². The predicted octanol–water partition coefficient (Wildman–Crippen LogP) is -0.135. The third kappa shape index (κ3) is 9.79. The lowest BCUT2D eigenvalue weighted by Crippen LogP contribution is -2.33. The Labute approximate surface area is 82.2 Å². The van der Waals surface area contributed by atoms with Gasteiger partial charge in [-0.1, -0.05) is 0 Å². The van der Waals surface area contributed by atoms with Gasteiger partial charge in [0.25, 0.3) is 6.43 Å². The number of halogens is 2. The van der Waals surface area contributed by atoms with Crippen molar-refractivity contribution < 1.29 is 23.4 Å². The van der Waals surface area contributed by atoms with Crippen molar-refractivity contribution in [3.8, 4) is 0 Å². The number of rotatable bonds is 9. The van der Waals surface area contributed by atoms with Crippen LogP contribution < -0.4 is 5.32 Å². The standard InChI is InChI=1S/C8H17F2NO3/c1-13-2-3-14-6-7(12)4-11-5-8(9)10/h7-8,11-12H,2-6H2,1H3. The Morgan fingerprint density at radius 1 is 1.29 bits per heavy atom. The van der Waals surface area contributed by atoms with Crippen LogP contribution in [0.4, 0.5) is 8.78 Å². The van der Waals surface area contributed by atoms with Crippen LogP contribution in [0.3, 0.4) is 0 Å². The molecule has 0 radical (unpaired) electrons. The Bertz CT molecular complexity index is 127. The van der Waals surface area contributed by atoms with Crippen molar-refractivity contribution in [3.63, 3.8) is 0 Å². The Morgan fingerprint density at radius 3 is 2.57 bits per heavy atom. The highest BCUT2D eigenvalue weighted by Gasteiger charge is 2.06. The highest BCUT2D eigenvalue weighted by molar-refractivity contribution is 4.58. The molecular weight excluding hydrogens is 196 g/mol. The van der Waals surface area contributed by atoms with Gasteiger partial charge in [0, 0.05) is 13.7 Å². The molecule has 0 rings (SSSR count). The van der Waals surface area contributed by atoms with Crippen LogP contribution in [0.5, 0.6) is 0 Å². The number of ether oxygens (including phenoxy) is 2. The van der Waals surface area contributed by atoms with Crippen LogP contribution in [0.1, 0.15) is 0 Å². The SMILES string of the molecule is COCCOCC(O)CNCC(F)F. The van der Waals surface area contributed by atoms with Gasteiger partial charge in [-0.2, -0.15) is 0 Å². The highest BCUT2D eigenvalue weighted by atomic mass is 19.3. The largest absolute Gasteiger partial charge is 0.389 e. The van der Waals surface area contributed by atoms with Gasteiger partial charge in [-0.25, -0.2) is 8.78 Å². The number of aliphatic hydroxyl groups is 1. The summed E-state index contributed by atoms with van der Waals surface area (Å²) in [5, 5.41) is 11.6. The molecule has 0 amide bonds. The molecule has 14 heavy (non-hydrogen) atoms. The summed E-state index contributed by atoms with van der Waals surface area (Å²) in [6.07, 6.45) is -3.15. The molecule has 0 aromatic rings. The Balaban J connectivity index is 3.15. The molecule has 0 aliphatic carbocycles. The first kappa shape index (κ1) is 13.7. The molecule has 86 valence electrons. The Morgan fingerprint density at radius 2 is 2.00 bits per heavy atom. The highest BCUT2D eigenvalue weighted by Crippen LogP contribution is 1.89. The van der Waals surface area contributed by atoms with Crippen molar-refractivity contribution in [2.45, 2.75) is 12.5 Å². The zero-order chi connectivity index (χ0) is 10.8. The van der Waals surface area contributed by atoms with Crippen molar-refractivity contribution in [2.75, 3.05) is 40.0 Å². The van der Waals surface area contributed by atoms with E-state index in [0.717, 1.165) is 0 Å². The van der Waals surface area contributed by atoms with Crippen LogP contribution >= 0.6 is 0 Å². The summed E-state index contributed by atoms with van der Waals surface area (Å²) in [5.41, 5.74) is 0. The van der Waals surface area contributed by atoms with Crippen molar-refractivity contribution >= 4 is 0 Å². The molecule has 0 spiro atoms. The normalized spacial score (nSPS) is 13.5. The van der Waals surface area contributed by atoms with E-state index in [1.807, 2.05) is 0 Å². The summed E-state index contributed by atoms with van der Waals surface area (Å²) in [4.78, 5) is 0. The maximum atomic E-state index is 11.6. The molecule has 0 fully saturated rings. The monoisotopic (exact) mass is 213 g/mol. The van der Waals surface area contributed by atoms with Crippen molar-refractivity contribution in [3.05, 3.63) is 0 Å². The predicted molar refractivity (Wildman–Crippen MR) is 47.6 cm³/mol. The average Bonchev–Trinajstić information content (AvgIpc) is 2.12. The summed E-state index contributed by atoms with van der Waals surface area (Å²) >= 11 is 0. The van der Waals surface area contributed by atoms with Crippen LogP contribution in [0.25, 0.3) is 0 Å². The molecule has 0 saturated carbocycles. The van der Waals surface area contributed by atoms with Crippen LogP contribution in [-0.2, 0) is 9.47 Å². The van der Waals surface area contributed by atoms with Crippen LogP contribution in [0.2, 0.25) is 0 Å². The number of hydrogen-bond donors (Lipinski definition) is 2. The van der Waals surface area contributed by atoms with E-state index < -0.39 is 19.1 Å². The maximum absolute atomic E-state index is 11.6. The number of aliphatic hydroxyl groups excluding tert-OH is 1. The van der Waals surface area contributed by atoms with Gasteiger partial charge >= 0.3 is 0 Å². The van der Waals surface area contributed by atoms with E-state index >= 15 is 0 Å². The van der Waals surface area contributed by atoms with Crippen molar-refractivity contribution in [2.24, 2.45) is 0 Å². The molecule has 0 aromatic carbocycles. The second kappa shape index (κ2) is 9.26. The number of methoxy groups -OCH3 is 1. The molecule has 0 bridgehead atoms. The van der Waals surface area contributed by atoms with E-state index in [-0.39, 0.29) is 13.2 Å². The van der Waals surface area contributed by atoms with Gasteiger partial charge in [0.1, 0.15) is 0 Å². The van der Waals surface area contributed by atoms with Gasteiger partial charge in [0.2, 0.25) is 0 Å². The molecule has 0 heterocycles. The van der Waals surface area contributed by atoms with E-state index in [2.05, 4.69) is 5.32 Å². The molecule has 0 saturated heterocycles. The minimum absolute atomic E-state index is 0.108. The zero-order valence-corrected chi connectivity index (χ0v) is 8.21. The molecule has 0 aliphatic heterocycles. The van der Waals surface area contributed by atoms with Crippen LogP contribution in [0.15, 0.2) is 0 Å². The lowest BCUT2D eigenvalue weighted by atomic mass is 10.4. The van der Waals surface area contributed by atoms with E-state index in [1.165, 1.54) is 0 Å². The molecule has 1 unspecified atom stereocenters. The lowest BCUT2D eigenvalue weighted by molar-refractivity contribution is 0.0124. The topological polar surface area (TPSA) is 50.7 Å². The van der Waals surface area contributed by atoms with Crippen LogP contribution in [-0.4, -0.2) is 57.7 Å². The summed E-state index contributed by atoms with van der Waals surface area (Å²) < 4.78 is 33.0. The fourth-order valence-electron chi connectivity index (χ4n) is 0.780. The molecule has 4 nitrogen and oxygen atoms in total. The first-order valence-corrected chi connectivity index (χ1v) is 4.40. The third-order valence-corrected chi connectivity index (χ3v) is 1.42. The maximum Gasteiger partial charge on any atom is 0.250 e. The lowest BCUT2D eigenvalue weighted by Gasteiger charge is -2.11. The second-order valence-electron chi connectivity index (χ2n) is 2.77. The molecule has 0 aliphatic rings. The third-order valence-electron chi connectivity index (χ3n) is 1.42. The summed E-state index contributed by atoms with van der Waals surface area (Å²) in [5.74, 6) is 0. The fourth-order valence-corrected chi connectivity index (χ4v) is 0.780. The molecule has 1 atom stereocenters. The average molecular weight is 213 g/mol. The van der Waals surface area contributed by atoms with Crippen molar-refractivity contribution in [1.29, 1.82) is 0 Å². The van der Waals surface area contributed by atoms with Gasteiger partial charge in [-0.3, -0.25) is 0 Å². The summed E-state index contributed by atoms with van der Waals surface area (Å²) in [6.45, 7) is 0.672. The first-order valence-electron chi connectivity index (χ1n) is 4.40. The second-order valence-corrected chi connectivity index (χ2v) is 2.77. The smallest absolute Gasteiger partial charge is 0.250 e. The summed E-state index contributed by atoms with van der Waals surface area (Å²) in [7, 11) is 1.55. The number of nitrogens with one attached hydrogen (secondary N) is 1. The molecular formula is C8H17F2NO3. The number of hydrogen-bond acceptors (Lipinski definition) is 4. The van der Waals surface area contributed by atoms with E-state index in [1.54, 1.807) is 7.11 Å². The molecule has 6 heteroatoms. The minimum Gasteiger partial charge on any atom is -0.389 e. The fraction of sp³-hybridized carbons (Fsp3) is 1.00. The minimum atomic E-state index is -2.39.